The minimum atomic E-state index is -1.13. The predicted molar refractivity (Wildman–Crippen MR) is 68.8 cm³/mol. The van der Waals surface area contributed by atoms with Gasteiger partial charge in [0, 0.05) is 12.4 Å². The number of pyridine rings is 1. The van der Waals surface area contributed by atoms with E-state index in [2.05, 4.69) is 10.3 Å². The lowest BCUT2D eigenvalue weighted by molar-refractivity contribution is -0.124. The van der Waals surface area contributed by atoms with Crippen LogP contribution in [0.3, 0.4) is 0 Å². The van der Waals surface area contributed by atoms with Gasteiger partial charge in [0.25, 0.3) is 5.91 Å². The number of amides is 3. The van der Waals surface area contributed by atoms with Crippen molar-refractivity contribution >= 4 is 18.0 Å². The van der Waals surface area contributed by atoms with Crippen molar-refractivity contribution in [1.82, 2.24) is 15.2 Å². The predicted octanol–water partition coefficient (Wildman–Crippen LogP) is 0.745. The molecule has 0 unspecified atom stereocenters. The quantitative estimate of drug-likeness (QED) is 0.621. The van der Waals surface area contributed by atoms with Gasteiger partial charge in [-0.25, -0.2) is 4.79 Å². The summed E-state index contributed by atoms with van der Waals surface area (Å²) in [6.45, 7) is 3.03. The van der Waals surface area contributed by atoms with Crippen molar-refractivity contribution < 1.29 is 14.7 Å². The Morgan fingerprint density at radius 1 is 1.37 bits per heavy atom. The molecule has 0 radical (unpaired) electrons. The van der Waals surface area contributed by atoms with Crippen LogP contribution in [-0.2, 0) is 4.79 Å². The zero-order chi connectivity index (χ0) is 14.0. The fourth-order valence-corrected chi connectivity index (χ4v) is 1.73. The van der Waals surface area contributed by atoms with Gasteiger partial charge in [-0.1, -0.05) is 0 Å². The molecule has 1 aliphatic rings. The molecule has 0 aromatic carbocycles. The molecule has 0 saturated carbocycles. The van der Waals surface area contributed by atoms with Crippen LogP contribution in [0.1, 0.15) is 19.4 Å². The van der Waals surface area contributed by atoms with Crippen molar-refractivity contribution in [3.05, 3.63) is 35.8 Å². The van der Waals surface area contributed by atoms with E-state index in [-0.39, 0.29) is 12.2 Å². The number of nitrogens with zero attached hydrogens (tertiary/aromatic N) is 2. The van der Waals surface area contributed by atoms with Gasteiger partial charge >= 0.3 is 6.03 Å². The molecule has 2 N–H and O–H groups in total. The number of nitrogens with one attached hydrogen (secondary N) is 1. The first-order valence-corrected chi connectivity index (χ1v) is 5.84. The van der Waals surface area contributed by atoms with Crippen molar-refractivity contribution in [2.45, 2.75) is 19.4 Å². The van der Waals surface area contributed by atoms with Gasteiger partial charge in [-0.15, -0.1) is 0 Å². The van der Waals surface area contributed by atoms with Gasteiger partial charge in [-0.05, 0) is 37.6 Å². The fourth-order valence-electron chi connectivity index (χ4n) is 1.73. The molecule has 2 heterocycles. The molecule has 6 nitrogen and oxygen atoms in total. The summed E-state index contributed by atoms with van der Waals surface area (Å²) in [6.07, 6.45) is 4.77. The zero-order valence-electron chi connectivity index (χ0n) is 10.8. The van der Waals surface area contributed by atoms with Crippen molar-refractivity contribution in [1.29, 1.82) is 0 Å². The Kier molecular flexibility index (Phi) is 3.35. The first kappa shape index (κ1) is 13.2. The zero-order valence-corrected chi connectivity index (χ0v) is 10.8. The number of β-amino-alcohol motifs (C(OH)–C–C–N with tert-alkyl or cyclic N) is 1. The van der Waals surface area contributed by atoms with E-state index in [0.717, 1.165) is 10.5 Å². The van der Waals surface area contributed by atoms with Gasteiger partial charge in [-0.2, -0.15) is 0 Å². The molecule has 0 aliphatic carbocycles. The third-order valence-corrected chi connectivity index (χ3v) is 2.52. The molecule has 1 saturated heterocycles. The summed E-state index contributed by atoms with van der Waals surface area (Å²) >= 11 is 0. The highest BCUT2D eigenvalue weighted by atomic mass is 16.3. The summed E-state index contributed by atoms with van der Waals surface area (Å²) < 4.78 is 0. The van der Waals surface area contributed by atoms with E-state index in [0.29, 0.717) is 0 Å². The van der Waals surface area contributed by atoms with Crippen LogP contribution in [0.2, 0.25) is 0 Å². The Morgan fingerprint density at radius 3 is 2.58 bits per heavy atom. The Bertz CT molecular complexity index is 532. The van der Waals surface area contributed by atoms with E-state index in [4.69, 9.17) is 0 Å². The first-order chi connectivity index (χ1) is 8.87. The standard InChI is InChI=1S/C13H15N3O3/c1-13(2,19)8-16-11(17)10(15-12(16)18)7-9-3-5-14-6-4-9/h3-7,19H,8H2,1-2H3,(H,15,18). The summed E-state index contributed by atoms with van der Waals surface area (Å²) in [5, 5.41) is 12.2. The number of hydrogen-bond acceptors (Lipinski definition) is 4. The second-order valence-corrected chi connectivity index (χ2v) is 4.97. The van der Waals surface area contributed by atoms with Crippen molar-refractivity contribution in [2.75, 3.05) is 6.54 Å². The number of hydrogen-bond donors (Lipinski definition) is 2. The normalized spacial score (nSPS) is 18.1. The average molecular weight is 261 g/mol. The van der Waals surface area contributed by atoms with Gasteiger partial charge < -0.3 is 10.4 Å². The highest BCUT2D eigenvalue weighted by Gasteiger charge is 2.36. The number of rotatable bonds is 3. The lowest BCUT2D eigenvalue weighted by atomic mass is 10.1. The smallest absolute Gasteiger partial charge is 0.329 e. The molecular weight excluding hydrogens is 246 g/mol. The van der Waals surface area contributed by atoms with E-state index in [9.17, 15) is 14.7 Å². The van der Waals surface area contributed by atoms with Crippen LogP contribution in [0.15, 0.2) is 30.2 Å². The molecule has 3 amide bonds. The molecule has 0 bridgehead atoms. The van der Waals surface area contributed by atoms with Gasteiger partial charge in [0.05, 0.1) is 12.1 Å². The number of aliphatic hydroxyl groups is 1. The largest absolute Gasteiger partial charge is 0.389 e. The molecule has 19 heavy (non-hydrogen) atoms. The van der Waals surface area contributed by atoms with Crippen molar-refractivity contribution in [2.24, 2.45) is 0 Å². The van der Waals surface area contributed by atoms with Crippen LogP contribution in [-0.4, -0.2) is 39.1 Å². The lowest BCUT2D eigenvalue weighted by Gasteiger charge is -2.22. The van der Waals surface area contributed by atoms with Crippen LogP contribution in [0, 0.1) is 0 Å². The summed E-state index contributed by atoms with van der Waals surface area (Å²) in [5.74, 6) is -0.441. The molecule has 0 atom stereocenters. The highest BCUT2D eigenvalue weighted by molar-refractivity contribution is 6.14. The maximum Gasteiger partial charge on any atom is 0.329 e. The molecule has 100 valence electrons. The van der Waals surface area contributed by atoms with Crippen LogP contribution < -0.4 is 5.32 Å². The molecular formula is C13H15N3O3. The van der Waals surface area contributed by atoms with Crippen molar-refractivity contribution in [3.63, 3.8) is 0 Å². The number of carbonyl (C=O) groups is 2. The Labute approximate surface area is 110 Å². The summed E-state index contributed by atoms with van der Waals surface area (Å²) in [4.78, 5) is 28.6. The van der Waals surface area contributed by atoms with Gasteiger partial charge in [0.2, 0.25) is 0 Å². The van der Waals surface area contributed by atoms with E-state index < -0.39 is 17.5 Å². The van der Waals surface area contributed by atoms with Crippen molar-refractivity contribution in [3.8, 4) is 0 Å². The van der Waals surface area contributed by atoms with Crippen LogP contribution >= 0.6 is 0 Å². The second kappa shape index (κ2) is 4.81. The maximum absolute atomic E-state index is 12.0. The van der Waals surface area contributed by atoms with Crippen LogP contribution in [0.25, 0.3) is 6.08 Å². The van der Waals surface area contributed by atoms with E-state index in [1.54, 1.807) is 30.6 Å². The fraction of sp³-hybridized carbons (Fsp3) is 0.308. The van der Waals surface area contributed by atoms with Gasteiger partial charge in [0.15, 0.2) is 0 Å². The third-order valence-electron chi connectivity index (χ3n) is 2.52. The molecule has 1 aromatic heterocycles. The number of imide groups is 1. The molecule has 0 spiro atoms. The minimum absolute atomic E-state index is 0.0502. The molecule has 1 fully saturated rings. The van der Waals surface area contributed by atoms with E-state index in [1.165, 1.54) is 13.8 Å². The maximum atomic E-state index is 12.0. The Hall–Kier alpha value is -2.21. The Balaban J connectivity index is 2.21. The van der Waals surface area contributed by atoms with Crippen LogP contribution in [0.4, 0.5) is 4.79 Å². The molecule has 6 heteroatoms. The summed E-state index contributed by atoms with van der Waals surface area (Å²) in [7, 11) is 0. The second-order valence-electron chi connectivity index (χ2n) is 4.97. The van der Waals surface area contributed by atoms with Gasteiger partial charge in [0.1, 0.15) is 5.70 Å². The first-order valence-electron chi connectivity index (χ1n) is 5.84. The van der Waals surface area contributed by atoms with Gasteiger partial charge in [-0.3, -0.25) is 14.7 Å². The molecule has 1 aliphatic heterocycles. The van der Waals surface area contributed by atoms with Crippen LogP contribution in [0.5, 0.6) is 0 Å². The van der Waals surface area contributed by atoms with E-state index >= 15 is 0 Å². The summed E-state index contributed by atoms with van der Waals surface area (Å²) in [6, 6.07) is 2.93. The third kappa shape index (κ3) is 3.17. The SMILES string of the molecule is CC(C)(O)CN1C(=O)NC(=Cc2ccncc2)C1=O. The summed E-state index contributed by atoms with van der Waals surface area (Å²) in [5.41, 5.74) is -0.164. The van der Waals surface area contributed by atoms with E-state index in [1.807, 2.05) is 0 Å². The monoisotopic (exact) mass is 261 g/mol. The number of carbonyl (C=O) groups excluding carboxylic acids is 2. The molecule has 2 rings (SSSR count). The number of aromatic nitrogens is 1. The highest BCUT2D eigenvalue weighted by Crippen LogP contribution is 2.16. The lowest BCUT2D eigenvalue weighted by Crippen LogP contribution is -2.42. The minimum Gasteiger partial charge on any atom is -0.389 e. The Morgan fingerprint density at radius 2 is 2.00 bits per heavy atom. The topological polar surface area (TPSA) is 82.5 Å². The average Bonchev–Trinajstić information content (AvgIpc) is 2.57. The number of urea groups is 1. The molecule has 1 aromatic rings.